The minimum Gasteiger partial charge on any atom is -0.342 e. The molecule has 0 spiro atoms. The highest BCUT2D eigenvalue weighted by Gasteiger charge is 2.31. The van der Waals surface area contributed by atoms with Gasteiger partial charge in [0, 0.05) is 62.7 Å². The van der Waals surface area contributed by atoms with Crippen LogP contribution in [0.25, 0.3) is 10.9 Å². The molecule has 2 aromatic rings. The van der Waals surface area contributed by atoms with Gasteiger partial charge in [-0.15, -0.1) is 0 Å². The summed E-state index contributed by atoms with van der Waals surface area (Å²) in [5.74, 6) is 1.18. The van der Waals surface area contributed by atoms with E-state index in [-0.39, 0.29) is 11.8 Å². The summed E-state index contributed by atoms with van der Waals surface area (Å²) in [6.45, 7) is 4.85. The maximum Gasteiger partial charge on any atom is 0.254 e. The highest BCUT2D eigenvalue weighted by molar-refractivity contribution is 6.06. The van der Waals surface area contributed by atoms with E-state index in [4.69, 9.17) is 4.98 Å². The number of pyridine rings is 1. The molecule has 5 rings (SSSR count). The molecule has 0 N–H and O–H groups in total. The average molecular weight is 435 g/mol. The van der Waals surface area contributed by atoms with Gasteiger partial charge in [0.05, 0.1) is 11.1 Å². The van der Waals surface area contributed by atoms with Crippen molar-refractivity contribution < 1.29 is 9.59 Å². The number of nitrogens with zero attached hydrogens (tertiary/aromatic N) is 4. The van der Waals surface area contributed by atoms with Crippen LogP contribution in [0.15, 0.2) is 30.3 Å². The lowest BCUT2D eigenvalue weighted by atomic mass is 9.98. The number of rotatable bonds is 4. The molecule has 0 unspecified atom stereocenters. The number of likely N-dealkylation sites (tertiary alicyclic amines) is 1. The minimum absolute atomic E-state index is 0.102. The maximum absolute atomic E-state index is 13.5. The minimum atomic E-state index is 0.102. The van der Waals surface area contributed by atoms with Gasteiger partial charge in [-0.3, -0.25) is 14.6 Å². The molecule has 32 heavy (non-hydrogen) atoms. The second-order valence-electron chi connectivity index (χ2n) is 9.89. The number of carbonyl (C=O) groups is 2. The molecule has 0 radical (unpaired) electrons. The zero-order chi connectivity index (χ0) is 22.1. The Hall–Kier alpha value is -2.47. The Morgan fingerprint density at radius 2 is 1.72 bits per heavy atom. The van der Waals surface area contributed by atoms with Crippen LogP contribution >= 0.6 is 0 Å². The van der Waals surface area contributed by atoms with Crippen molar-refractivity contribution in [3.63, 3.8) is 0 Å². The molecule has 3 heterocycles. The van der Waals surface area contributed by atoms with E-state index in [9.17, 15) is 9.59 Å². The van der Waals surface area contributed by atoms with Crippen LogP contribution in [0.2, 0.25) is 0 Å². The van der Waals surface area contributed by atoms with Gasteiger partial charge in [-0.2, -0.15) is 0 Å². The summed E-state index contributed by atoms with van der Waals surface area (Å²) in [5.41, 5.74) is 2.58. The standard InChI is InChI=1S/C26H34N4O2/c1-28-12-14-29(15-13-28)26(32)22-17-24(27-23-9-5-4-8-21(22)23)20-10-11-30(18-20)25(31)16-19-6-2-3-7-19/h4-5,8-9,17,19-20H,2-3,6-7,10-16,18H2,1H3/t20-/m1/s1. The molecule has 0 bridgehead atoms. The lowest BCUT2D eigenvalue weighted by molar-refractivity contribution is -0.131. The quantitative estimate of drug-likeness (QED) is 0.739. The Labute approximate surface area is 190 Å². The summed E-state index contributed by atoms with van der Waals surface area (Å²) in [4.78, 5) is 37.5. The summed E-state index contributed by atoms with van der Waals surface area (Å²) in [5, 5.41) is 0.923. The molecule has 1 saturated carbocycles. The first-order chi connectivity index (χ1) is 15.6. The molecule has 1 aromatic carbocycles. The van der Waals surface area contributed by atoms with E-state index in [1.165, 1.54) is 25.7 Å². The van der Waals surface area contributed by atoms with Gasteiger partial charge >= 0.3 is 0 Å². The third-order valence-corrected chi connectivity index (χ3v) is 7.65. The number of para-hydroxylation sites is 1. The highest BCUT2D eigenvalue weighted by atomic mass is 16.2. The Morgan fingerprint density at radius 1 is 0.969 bits per heavy atom. The number of likely N-dealkylation sites (N-methyl/N-ethyl adjacent to an activating group) is 1. The fourth-order valence-corrected chi connectivity index (χ4v) is 5.58. The highest BCUT2D eigenvalue weighted by Crippen LogP contribution is 2.32. The average Bonchev–Trinajstić information content (AvgIpc) is 3.51. The Morgan fingerprint density at radius 3 is 2.50 bits per heavy atom. The van der Waals surface area contributed by atoms with Crippen molar-refractivity contribution in [1.29, 1.82) is 0 Å². The third-order valence-electron chi connectivity index (χ3n) is 7.65. The van der Waals surface area contributed by atoms with Crippen molar-refractivity contribution in [3.05, 3.63) is 41.6 Å². The first-order valence-corrected chi connectivity index (χ1v) is 12.2. The van der Waals surface area contributed by atoms with E-state index >= 15 is 0 Å². The summed E-state index contributed by atoms with van der Waals surface area (Å²) in [7, 11) is 2.10. The molecular formula is C26H34N4O2. The van der Waals surface area contributed by atoms with Crippen LogP contribution in [-0.2, 0) is 4.79 Å². The Kier molecular flexibility index (Phi) is 6.13. The maximum atomic E-state index is 13.5. The van der Waals surface area contributed by atoms with Crippen LogP contribution in [0, 0.1) is 5.92 Å². The number of piperazine rings is 1. The van der Waals surface area contributed by atoms with Gasteiger partial charge in [-0.25, -0.2) is 0 Å². The molecule has 2 aliphatic heterocycles. The Bertz CT molecular complexity index is 992. The molecule has 3 fully saturated rings. The van der Waals surface area contributed by atoms with Crippen LogP contribution in [0.3, 0.4) is 0 Å². The number of hydrogen-bond donors (Lipinski definition) is 0. The fraction of sp³-hybridized carbons (Fsp3) is 0.577. The summed E-state index contributed by atoms with van der Waals surface area (Å²) >= 11 is 0. The lowest BCUT2D eigenvalue weighted by Crippen LogP contribution is -2.47. The molecule has 1 atom stereocenters. The van der Waals surface area contributed by atoms with Crippen molar-refractivity contribution in [1.82, 2.24) is 19.7 Å². The van der Waals surface area contributed by atoms with Crippen molar-refractivity contribution in [2.45, 2.75) is 44.4 Å². The topological polar surface area (TPSA) is 56.8 Å². The smallest absolute Gasteiger partial charge is 0.254 e. The van der Waals surface area contributed by atoms with E-state index < -0.39 is 0 Å². The second kappa shape index (κ2) is 9.18. The molecule has 170 valence electrons. The number of carbonyl (C=O) groups excluding carboxylic acids is 2. The molecular weight excluding hydrogens is 400 g/mol. The van der Waals surface area contributed by atoms with Crippen molar-refractivity contribution in [3.8, 4) is 0 Å². The summed E-state index contributed by atoms with van der Waals surface area (Å²) < 4.78 is 0. The number of benzene rings is 1. The van der Waals surface area contributed by atoms with Gasteiger partial charge in [-0.1, -0.05) is 31.0 Å². The lowest BCUT2D eigenvalue weighted by Gasteiger charge is -2.32. The molecule has 3 aliphatic rings. The van der Waals surface area contributed by atoms with Crippen molar-refractivity contribution in [2.75, 3.05) is 46.3 Å². The zero-order valence-electron chi connectivity index (χ0n) is 19.1. The third kappa shape index (κ3) is 4.38. The first kappa shape index (κ1) is 21.4. The first-order valence-electron chi connectivity index (χ1n) is 12.2. The number of hydrogen-bond acceptors (Lipinski definition) is 4. The fourth-order valence-electron chi connectivity index (χ4n) is 5.58. The number of aromatic nitrogens is 1. The van der Waals surface area contributed by atoms with Gasteiger partial charge in [-0.05, 0) is 44.4 Å². The Balaban J connectivity index is 1.36. The van der Waals surface area contributed by atoms with E-state index in [1.807, 2.05) is 40.1 Å². The van der Waals surface area contributed by atoms with Crippen LogP contribution in [0.1, 0.15) is 60.5 Å². The van der Waals surface area contributed by atoms with Crippen LogP contribution in [0.5, 0.6) is 0 Å². The molecule has 6 nitrogen and oxygen atoms in total. The van der Waals surface area contributed by atoms with Gasteiger partial charge in [0.15, 0.2) is 0 Å². The van der Waals surface area contributed by atoms with Crippen LogP contribution < -0.4 is 0 Å². The summed E-state index contributed by atoms with van der Waals surface area (Å²) in [6, 6.07) is 9.97. The van der Waals surface area contributed by atoms with Gasteiger partial charge in [0.1, 0.15) is 0 Å². The van der Waals surface area contributed by atoms with Crippen molar-refractivity contribution in [2.24, 2.45) is 5.92 Å². The molecule has 6 heteroatoms. The van der Waals surface area contributed by atoms with Gasteiger partial charge in [0.25, 0.3) is 5.91 Å². The second-order valence-corrected chi connectivity index (χ2v) is 9.89. The van der Waals surface area contributed by atoms with Crippen LogP contribution in [0.4, 0.5) is 0 Å². The van der Waals surface area contributed by atoms with E-state index in [0.29, 0.717) is 18.2 Å². The van der Waals surface area contributed by atoms with Crippen LogP contribution in [-0.4, -0.2) is 77.8 Å². The zero-order valence-corrected chi connectivity index (χ0v) is 19.1. The molecule has 2 amide bonds. The van der Waals surface area contributed by atoms with Gasteiger partial charge in [0.2, 0.25) is 5.91 Å². The van der Waals surface area contributed by atoms with E-state index in [2.05, 4.69) is 11.9 Å². The monoisotopic (exact) mass is 434 g/mol. The molecule has 1 aliphatic carbocycles. The SMILES string of the molecule is CN1CCN(C(=O)c2cc([C@@H]3CCN(C(=O)CC4CCCC4)C3)nc3ccccc23)CC1. The molecule has 1 aromatic heterocycles. The van der Waals surface area contributed by atoms with Crippen molar-refractivity contribution >= 4 is 22.7 Å². The predicted octanol–water partition coefficient (Wildman–Crippen LogP) is 3.52. The van der Waals surface area contributed by atoms with E-state index in [0.717, 1.165) is 67.8 Å². The molecule has 2 saturated heterocycles. The largest absolute Gasteiger partial charge is 0.342 e. The normalized spacial score (nSPS) is 22.7. The number of fused-ring (bicyclic) bond motifs is 1. The summed E-state index contributed by atoms with van der Waals surface area (Å²) in [6.07, 6.45) is 6.56. The number of amides is 2. The van der Waals surface area contributed by atoms with Gasteiger partial charge < -0.3 is 14.7 Å². The predicted molar refractivity (Wildman–Crippen MR) is 126 cm³/mol. The van der Waals surface area contributed by atoms with E-state index in [1.54, 1.807) is 0 Å².